The first-order valence-electron chi connectivity index (χ1n) is 3.44. The Morgan fingerprint density at radius 2 is 1.45 bits per heavy atom. The van der Waals surface area contributed by atoms with Crippen molar-refractivity contribution in [1.82, 2.24) is 10.9 Å². The van der Waals surface area contributed by atoms with Crippen LogP contribution in [0.3, 0.4) is 0 Å². The van der Waals surface area contributed by atoms with Gasteiger partial charge >= 0.3 is 0 Å². The lowest BCUT2D eigenvalue weighted by Gasteiger charge is -2.02. The van der Waals surface area contributed by atoms with Crippen molar-refractivity contribution in [3.05, 3.63) is 0 Å². The molecule has 0 radical (unpaired) electrons. The van der Waals surface area contributed by atoms with Gasteiger partial charge in [0.1, 0.15) is 0 Å². The summed E-state index contributed by atoms with van der Waals surface area (Å²) in [6, 6.07) is 0. The summed E-state index contributed by atoms with van der Waals surface area (Å²) < 4.78 is 0. The molecule has 0 aromatic heterocycles. The highest BCUT2D eigenvalue weighted by Gasteiger charge is 2.07. The van der Waals surface area contributed by atoms with Crippen molar-refractivity contribution in [3.63, 3.8) is 0 Å². The van der Waals surface area contributed by atoms with Gasteiger partial charge in [-0.3, -0.25) is 20.4 Å². The van der Waals surface area contributed by atoms with Gasteiger partial charge in [-0.2, -0.15) is 11.8 Å². The van der Waals surface area contributed by atoms with E-state index in [9.17, 15) is 9.59 Å². The van der Waals surface area contributed by atoms with E-state index in [4.69, 9.17) is 0 Å². The zero-order chi connectivity index (χ0) is 8.10. The molecule has 0 bridgehead atoms. The molecule has 1 rings (SSSR count). The van der Waals surface area contributed by atoms with Crippen LogP contribution in [0.25, 0.3) is 0 Å². The van der Waals surface area contributed by atoms with Crippen LogP contribution in [-0.2, 0) is 9.59 Å². The van der Waals surface area contributed by atoms with Gasteiger partial charge in [-0.1, -0.05) is 0 Å². The number of amides is 2. The third-order valence-electron chi connectivity index (χ3n) is 1.29. The molecule has 0 aromatic rings. The molecule has 0 spiro atoms. The maximum atomic E-state index is 10.8. The van der Waals surface area contributed by atoms with E-state index in [1.54, 1.807) is 11.8 Å². The lowest BCUT2D eigenvalue weighted by atomic mass is 10.4. The monoisotopic (exact) mass is 174 g/mol. The molecular weight excluding hydrogens is 164 g/mol. The highest BCUT2D eigenvalue weighted by Crippen LogP contribution is 2.05. The van der Waals surface area contributed by atoms with Crippen LogP contribution in [0.4, 0.5) is 0 Å². The lowest BCUT2D eigenvalue weighted by molar-refractivity contribution is -0.128. The summed E-state index contributed by atoms with van der Waals surface area (Å²) in [5, 5.41) is 0. The minimum Gasteiger partial charge on any atom is -0.273 e. The summed E-state index contributed by atoms with van der Waals surface area (Å²) in [6.07, 6.45) is 0.954. The molecule has 0 atom stereocenters. The maximum absolute atomic E-state index is 10.8. The summed E-state index contributed by atoms with van der Waals surface area (Å²) in [4.78, 5) is 21.6. The molecule has 4 nitrogen and oxygen atoms in total. The number of nitrogens with one attached hydrogen (secondary N) is 2. The van der Waals surface area contributed by atoms with Gasteiger partial charge in [-0.25, -0.2) is 0 Å². The van der Waals surface area contributed by atoms with Gasteiger partial charge in [-0.15, -0.1) is 0 Å². The second-order valence-electron chi connectivity index (χ2n) is 2.21. The number of carbonyl (C=O) groups excluding carboxylic acids is 2. The third kappa shape index (κ3) is 3.27. The Balaban J connectivity index is 2.37. The molecule has 1 aliphatic rings. The van der Waals surface area contributed by atoms with Crippen molar-refractivity contribution >= 4 is 23.6 Å². The molecule has 0 aliphatic carbocycles. The van der Waals surface area contributed by atoms with E-state index in [2.05, 4.69) is 10.9 Å². The van der Waals surface area contributed by atoms with E-state index in [1.165, 1.54) is 0 Å². The summed E-state index contributed by atoms with van der Waals surface area (Å²) >= 11 is 1.63. The first-order valence-corrected chi connectivity index (χ1v) is 4.60. The molecule has 62 valence electrons. The van der Waals surface area contributed by atoms with Gasteiger partial charge in [0.2, 0.25) is 11.8 Å². The molecule has 0 saturated carbocycles. The molecule has 1 heterocycles. The number of hydrazine groups is 1. The van der Waals surface area contributed by atoms with Crippen molar-refractivity contribution in [2.45, 2.75) is 12.8 Å². The number of thioether (sulfide) groups is 1. The smallest absolute Gasteiger partial charge is 0.239 e. The molecule has 1 aliphatic heterocycles. The van der Waals surface area contributed by atoms with Gasteiger partial charge < -0.3 is 0 Å². The Morgan fingerprint density at radius 3 is 1.91 bits per heavy atom. The van der Waals surface area contributed by atoms with E-state index in [0.29, 0.717) is 12.8 Å². The van der Waals surface area contributed by atoms with Crippen LogP contribution in [-0.4, -0.2) is 23.3 Å². The Kier molecular flexibility index (Phi) is 3.22. The highest BCUT2D eigenvalue weighted by molar-refractivity contribution is 7.99. The number of hydrogen-bond acceptors (Lipinski definition) is 3. The van der Waals surface area contributed by atoms with Crippen LogP contribution in [0.1, 0.15) is 12.8 Å². The average Bonchev–Trinajstić information content (AvgIpc) is 2.06. The quantitative estimate of drug-likeness (QED) is 0.528. The molecule has 0 unspecified atom stereocenters. The largest absolute Gasteiger partial charge is 0.273 e. The molecule has 1 fully saturated rings. The summed E-state index contributed by atoms with van der Waals surface area (Å²) in [6.45, 7) is 0. The fourth-order valence-electron chi connectivity index (χ4n) is 0.696. The lowest BCUT2D eigenvalue weighted by Crippen LogP contribution is -2.41. The molecular formula is C6H10N2O2S. The summed E-state index contributed by atoms with van der Waals surface area (Å²) in [5.41, 5.74) is 4.64. The van der Waals surface area contributed by atoms with Crippen molar-refractivity contribution in [2.75, 3.05) is 11.5 Å². The Morgan fingerprint density at radius 1 is 1.00 bits per heavy atom. The minimum atomic E-state index is -0.118. The highest BCUT2D eigenvalue weighted by atomic mass is 32.2. The van der Waals surface area contributed by atoms with E-state index >= 15 is 0 Å². The van der Waals surface area contributed by atoms with Crippen LogP contribution >= 0.6 is 11.8 Å². The minimum absolute atomic E-state index is 0.118. The second-order valence-corrected chi connectivity index (χ2v) is 3.43. The predicted octanol–water partition coefficient (Wildman–Crippen LogP) is -0.339. The van der Waals surface area contributed by atoms with Gasteiger partial charge in [0.25, 0.3) is 0 Å². The van der Waals surface area contributed by atoms with E-state index in [-0.39, 0.29) is 11.8 Å². The van der Waals surface area contributed by atoms with E-state index in [1.807, 2.05) is 0 Å². The van der Waals surface area contributed by atoms with Crippen LogP contribution in [0.5, 0.6) is 0 Å². The fourth-order valence-corrected chi connectivity index (χ4v) is 1.56. The first kappa shape index (κ1) is 8.39. The topological polar surface area (TPSA) is 58.2 Å². The van der Waals surface area contributed by atoms with Gasteiger partial charge in [-0.05, 0) is 0 Å². The van der Waals surface area contributed by atoms with Crippen molar-refractivity contribution in [3.8, 4) is 0 Å². The zero-order valence-electron chi connectivity index (χ0n) is 6.05. The molecule has 2 amide bonds. The predicted molar refractivity (Wildman–Crippen MR) is 42.8 cm³/mol. The standard InChI is InChI=1S/C6H10N2O2S/c9-5-1-3-11-4-2-6(10)8-7-5/h1-4H2,(H,7,9)(H,8,10). The van der Waals surface area contributed by atoms with Crippen molar-refractivity contribution in [1.29, 1.82) is 0 Å². The molecule has 1 saturated heterocycles. The molecule has 11 heavy (non-hydrogen) atoms. The molecule has 0 aromatic carbocycles. The fraction of sp³-hybridized carbons (Fsp3) is 0.667. The Labute approximate surface area is 69.1 Å². The van der Waals surface area contributed by atoms with Crippen molar-refractivity contribution in [2.24, 2.45) is 0 Å². The molecule has 2 N–H and O–H groups in total. The maximum Gasteiger partial charge on any atom is 0.239 e. The van der Waals surface area contributed by atoms with Crippen LogP contribution in [0.2, 0.25) is 0 Å². The number of hydrogen-bond donors (Lipinski definition) is 2. The average molecular weight is 174 g/mol. The Hall–Kier alpha value is -0.710. The SMILES string of the molecule is O=C1CCSCCC(=O)NN1. The summed E-state index contributed by atoms with van der Waals surface area (Å²) in [7, 11) is 0. The van der Waals surface area contributed by atoms with E-state index in [0.717, 1.165) is 11.5 Å². The number of rotatable bonds is 0. The first-order chi connectivity index (χ1) is 5.29. The van der Waals surface area contributed by atoms with Gasteiger partial charge in [0.15, 0.2) is 0 Å². The van der Waals surface area contributed by atoms with E-state index < -0.39 is 0 Å². The number of carbonyl (C=O) groups is 2. The third-order valence-corrected chi connectivity index (χ3v) is 2.27. The van der Waals surface area contributed by atoms with Crippen LogP contribution < -0.4 is 10.9 Å². The normalized spacial score (nSPS) is 20.7. The van der Waals surface area contributed by atoms with Crippen LogP contribution in [0, 0.1) is 0 Å². The van der Waals surface area contributed by atoms with Gasteiger partial charge in [0.05, 0.1) is 0 Å². The van der Waals surface area contributed by atoms with Crippen LogP contribution in [0.15, 0.2) is 0 Å². The molecule has 5 heteroatoms. The Bertz CT molecular complexity index is 154. The van der Waals surface area contributed by atoms with Gasteiger partial charge in [0, 0.05) is 24.3 Å². The zero-order valence-corrected chi connectivity index (χ0v) is 6.87. The van der Waals surface area contributed by atoms with Crippen molar-refractivity contribution < 1.29 is 9.59 Å². The second kappa shape index (κ2) is 4.23. The summed E-state index contributed by atoms with van der Waals surface area (Å²) in [5.74, 6) is 1.35.